The number of carbonyl (C=O) groups excluding carboxylic acids is 1. The van der Waals surface area contributed by atoms with Gasteiger partial charge in [0.15, 0.2) is 23.2 Å². The predicted molar refractivity (Wildman–Crippen MR) is 128 cm³/mol. The summed E-state index contributed by atoms with van der Waals surface area (Å²) >= 11 is 3.50. The van der Waals surface area contributed by atoms with E-state index in [2.05, 4.69) is 20.9 Å². The number of aliphatic imine (C=N–C) groups is 1. The number of fused-ring (bicyclic) bond motifs is 1. The fraction of sp³-hybridized carbons (Fsp3) is 0.208. The first kappa shape index (κ1) is 22.6. The summed E-state index contributed by atoms with van der Waals surface area (Å²) in [6.07, 6.45) is 3.22. The van der Waals surface area contributed by atoms with E-state index in [9.17, 15) is 4.79 Å². The number of allylic oxidation sites excluding steroid dienone is 1. The molecule has 1 amide bonds. The minimum atomic E-state index is -0.485. The number of carbonyl (C=O) groups is 1. The van der Waals surface area contributed by atoms with Crippen LogP contribution in [0, 0.1) is 12.3 Å². The van der Waals surface area contributed by atoms with Gasteiger partial charge in [-0.15, -0.1) is 5.06 Å². The second kappa shape index (κ2) is 9.50. The molecule has 33 heavy (non-hydrogen) atoms. The largest absolute Gasteiger partial charge is 0.493 e. The average molecular weight is 512 g/mol. The molecule has 2 aromatic rings. The zero-order chi connectivity index (χ0) is 23.5. The Kier molecular flexibility index (Phi) is 6.50. The lowest BCUT2D eigenvalue weighted by molar-refractivity contribution is -0.114. The third kappa shape index (κ3) is 4.93. The summed E-state index contributed by atoms with van der Waals surface area (Å²) in [6.45, 7) is 4.39. The van der Waals surface area contributed by atoms with Crippen LogP contribution in [-0.2, 0) is 9.63 Å². The van der Waals surface area contributed by atoms with Crippen LogP contribution in [0.2, 0.25) is 0 Å². The number of aryl methyl sites for hydroxylation is 1. The molecule has 0 radical (unpaired) electrons. The third-order valence-corrected chi connectivity index (χ3v) is 5.48. The molecule has 2 aromatic carbocycles. The molecule has 8 nitrogen and oxygen atoms in total. The molecule has 0 fully saturated rings. The molecule has 0 saturated carbocycles. The molecule has 9 heteroatoms. The Balaban J connectivity index is 1.39. The molecule has 0 unspecified atom stereocenters. The van der Waals surface area contributed by atoms with Gasteiger partial charge in [-0.1, -0.05) is 12.1 Å². The maximum absolute atomic E-state index is 12.4. The van der Waals surface area contributed by atoms with Gasteiger partial charge < -0.3 is 19.0 Å². The number of amides is 1. The van der Waals surface area contributed by atoms with E-state index in [1.165, 1.54) is 5.06 Å². The molecule has 0 aromatic heterocycles. The lowest BCUT2D eigenvalue weighted by Crippen LogP contribution is -2.38. The van der Waals surface area contributed by atoms with E-state index in [1.807, 2.05) is 25.1 Å². The minimum absolute atomic E-state index is 0.0572. The van der Waals surface area contributed by atoms with Crippen LogP contribution in [0.3, 0.4) is 0 Å². The molecule has 0 aliphatic carbocycles. The second-order valence-corrected chi connectivity index (χ2v) is 8.22. The van der Waals surface area contributed by atoms with Crippen LogP contribution in [-0.4, -0.2) is 43.0 Å². The standard InChI is InChI=1S/C24H22BrN3O5/c1-14-4-6-20(21(10-14)30-3)32-9-8-31-19-7-5-16(13-18(19)25)12-17-23(26)28-22(27-24(17)29)11-15(2)33-28/h4-7,10-13,26H,8-9H2,1-3H3/b17-12+,26-23?. The van der Waals surface area contributed by atoms with Gasteiger partial charge in [0, 0.05) is 6.08 Å². The van der Waals surface area contributed by atoms with E-state index in [1.54, 1.807) is 44.4 Å². The van der Waals surface area contributed by atoms with Crippen LogP contribution in [0.1, 0.15) is 18.1 Å². The Morgan fingerprint density at radius 2 is 1.82 bits per heavy atom. The van der Waals surface area contributed by atoms with Gasteiger partial charge in [-0.25, -0.2) is 0 Å². The first-order valence-electron chi connectivity index (χ1n) is 10.2. The Morgan fingerprint density at radius 1 is 1.09 bits per heavy atom. The van der Waals surface area contributed by atoms with Crippen LogP contribution in [0.15, 0.2) is 63.3 Å². The summed E-state index contributed by atoms with van der Waals surface area (Å²) < 4.78 is 17.6. The second-order valence-electron chi connectivity index (χ2n) is 7.36. The van der Waals surface area contributed by atoms with Crippen LogP contribution in [0.5, 0.6) is 17.2 Å². The van der Waals surface area contributed by atoms with Crippen LogP contribution >= 0.6 is 15.9 Å². The van der Waals surface area contributed by atoms with E-state index >= 15 is 0 Å². The average Bonchev–Trinajstić information content (AvgIpc) is 3.16. The van der Waals surface area contributed by atoms with Gasteiger partial charge in [0.05, 0.1) is 17.2 Å². The third-order valence-electron chi connectivity index (χ3n) is 4.86. The summed E-state index contributed by atoms with van der Waals surface area (Å²) in [6, 6.07) is 11.1. The van der Waals surface area contributed by atoms with E-state index in [0.717, 1.165) is 5.56 Å². The first-order valence-corrected chi connectivity index (χ1v) is 10.9. The summed E-state index contributed by atoms with van der Waals surface area (Å²) in [7, 11) is 1.61. The molecule has 0 saturated heterocycles. The number of rotatable bonds is 7. The van der Waals surface area contributed by atoms with Crippen LogP contribution in [0.4, 0.5) is 0 Å². The predicted octanol–water partition coefficient (Wildman–Crippen LogP) is 4.67. The number of hydrogen-bond acceptors (Lipinski definition) is 6. The number of hydrogen-bond donors (Lipinski definition) is 1. The molecule has 4 rings (SSSR count). The van der Waals surface area contributed by atoms with Crippen molar-refractivity contribution in [3.63, 3.8) is 0 Å². The Morgan fingerprint density at radius 3 is 2.55 bits per heavy atom. The molecular formula is C24H22BrN3O5. The normalized spacial score (nSPS) is 16.2. The van der Waals surface area contributed by atoms with Crippen molar-refractivity contribution >= 4 is 39.6 Å². The smallest absolute Gasteiger partial charge is 0.282 e. The highest BCUT2D eigenvalue weighted by atomic mass is 79.9. The molecule has 0 bridgehead atoms. The summed E-state index contributed by atoms with van der Waals surface area (Å²) in [5, 5.41) is 9.54. The van der Waals surface area contributed by atoms with Gasteiger partial charge in [0.2, 0.25) is 0 Å². The highest BCUT2D eigenvalue weighted by molar-refractivity contribution is 9.10. The quantitative estimate of drug-likeness (QED) is 0.428. The maximum atomic E-state index is 12.4. The minimum Gasteiger partial charge on any atom is -0.493 e. The van der Waals surface area contributed by atoms with Crippen molar-refractivity contribution < 1.29 is 23.8 Å². The Labute approximate surface area is 199 Å². The topological polar surface area (TPSA) is 93.4 Å². The van der Waals surface area contributed by atoms with Crippen molar-refractivity contribution in [2.45, 2.75) is 13.8 Å². The number of halogens is 1. The zero-order valence-electron chi connectivity index (χ0n) is 18.3. The van der Waals surface area contributed by atoms with Gasteiger partial charge >= 0.3 is 0 Å². The molecular weight excluding hydrogens is 490 g/mol. The van der Waals surface area contributed by atoms with E-state index < -0.39 is 5.91 Å². The van der Waals surface area contributed by atoms with Crippen molar-refractivity contribution in [2.75, 3.05) is 20.3 Å². The molecule has 0 spiro atoms. The monoisotopic (exact) mass is 511 g/mol. The highest BCUT2D eigenvalue weighted by Gasteiger charge is 2.34. The Hall–Kier alpha value is -3.59. The number of methoxy groups -OCH3 is 1. The summed E-state index contributed by atoms with van der Waals surface area (Å²) in [5.74, 6) is 2.31. The number of ether oxygens (including phenoxy) is 3. The number of nitrogens with one attached hydrogen (secondary N) is 1. The molecule has 2 aliphatic heterocycles. The van der Waals surface area contributed by atoms with Gasteiger partial charge in [-0.2, -0.15) is 4.99 Å². The highest BCUT2D eigenvalue weighted by Crippen LogP contribution is 2.30. The SMILES string of the molecule is COc1cc(C)ccc1OCCOc1ccc(/C=C2\C(=N)N3OC(C)=CC3=NC2=O)cc1Br. The molecule has 2 aliphatic rings. The maximum Gasteiger partial charge on any atom is 0.282 e. The summed E-state index contributed by atoms with van der Waals surface area (Å²) in [4.78, 5) is 21.8. The summed E-state index contributed by atoms with van der Waals surface area (Å²) in [5.41, 5.74) is 1.94. The van der Waals surface area contributed by atoms with E-state index in [-0.39, 0.29) is 11.4 Å². The van der Waals surface area contributed by atoms with E-state index in [4.69, 9.17) is 24.5 Å². The molecule has 2 heterocycles. The molecule has 0 atom stereocenters. The number of nitrogens with zero attached hydrogens (tertiary/aromatic N) is 2. The lowest BCUT2D eigenvalue weighted by Gasteiger charge is -2.23. The van der Waals surface area contributed by atoms with Crippen molar-refractivity contribution in [2.24, 2.45) is 4.99 Å². The van der Waals surface area contributed by atoms with E-state index in [0.29, 0.717) is 52.1 Å². The molecule has 1 N–H and O–H groups in total. The van der Waals surface area contributed by atoms with Crippen molar-refractivity contribution in [1.29, 1.82) is 5.41 Å². The van der Waals surface area contributed by atoms with Gasteiger partial charge in [0.1, 0.15) is 24.7 Å². The van der Waals surface area contributed by atoms with Crippen molar-refractivity contribution in [3.8, 4) is 17.2 Å². The van der Waals surface area contributed by atoms with Crippen LogP contribution in [0.25, 0.3) is 6.08 Å². The number of hydroxylamine groups is 2. The van der Waals surface area contributed by atoms with Gasteiger partial charge in [0.25, 0.3) is 5.91 Å². The van der Waals surface area contributed by atoms with Gasteiger partial charge in [-0.3, -0.25) is 10.2 Å². The van der Waals surface area contributed by atoms with Crippen molar-refractivity contribution in [1.82, 2.24) is 5.06 Å². The lowest BCUT2D eigenvalue weighted by atomic mass is 10.1. The molecule has 170 valence electrons. The van der Waals surface area contributed by atoms with Crippen molar-refractivity contribution in [3.05, 3.63) is 69.4 Å². The first-order chi connectivity index (χ1) is 15.9. The fourth-order valence-corrected chi connectivity index (χ4v) is 3.80. The zero-order valence-corrected chi connectivity index (χ0v) is 19.9. The Bertz CT molecular complexity index is 1220. The fourth-order valence-electron chi connectivity index (χ4n) is 3.29. The number of benzene rings is 2. The number of amidine groups is 2. The van der Waals surface area contributed by atoms with Crippen LogP contribution < -0.4 is 14.2 Å². The van der Waals surface area contributed by atoms with Gasteiger partial charge in [-0.05, 0) is 71.2 Å².